The molecule has 1 unspecified atom stereocenters. The molecule has 1 aliphatic rings. The minimum absolute atomic E-state index is 0.388. The van der Waals surface area contributed by atoms with Gasteiger partial charge in [0.1, 0.15) is 0 Å². The van der Waals surface area contributed by atoms with Gasteiger partial charge in [0.2, 0.25) is 0 Å². The summed E-state index contributed by atoms with van der Waals surface area (Å²) in [6.45, 7) is 0.397. The van der Waals surface area contributed by atoms with E-state index in [0.29, 0.717) is 18.9 Å². The van der Waals surface area contributed by atoms with Gasteiger partial charge in [-0.2, -0.15) is 5.10 Å². The molecule has 2 rings (SSSR count). The fourth-order valence-corrected chi connectivity index (χ4v) is 2.05. The highest BCUT2D eigenvalue weighted by Gasteiger charge is 2.44. The van der Waals surface area contributed by atoms with Crippen molar-refractivity contribution in [1.29, 1.82) is 0 Å². The van der Waals surface area contributed by atoms with Crippen LogP contribution in [0.5, 0.6) is 0 Å². The molecule has 4 heteroatoms. The van der Waals surface area contributed by atoms with Crippen LogP contribution in [0.4, 0.5) is 0 Å². The largest absolute Gasteiger partial charge is 0.387 e. The van der Waals surface area contributed by atoms with Crippen molar-refractivity contribution in [2.45, 2.75) is 24.9 Å². The van der Waals surface area contributed by atoms with Crippen molar-refractivity contribution in [3.8, 4) is 0 Å². The number of ether oxygens (including phenoxy) is 1. The van der Waals surface area contributed by atoms with E-state index in [9.17, 15) is 5.11 Å². The number of methoxy groups -OCH3 is 1. The first-order valence-corrected chi connectivity index (χ1v) is 5.34. The standard InChI is InChI=1S/C11H18N2O2/c1-13-6-5-10(12-13)7-11(14,8-15-2)9-3-4-9/h5-6,9,14H,3-4,7-8H2,1-2H3. The Balaban J connectivity index is 2.06. The molecule has 4 nitrogen and oxygen atoms in total. The lowest BCUT2D eigenvalue weighted by atomic mass is 9.93. The van der Waals surface area contributed by atoms with Crippen molar-refractivity contribution in [1.82, 2.24) is 9.78 Å². The highest BCUT2D eigenvalue weighted by atomic mass is 16.5. The Labute approximate surface area is 89.9 Å². The maximum absolute atomic E-state index is 10.4. The zero-order valence-corrected chi connectivity index (χ0v) is 9.31. The number of nitrogens with zero attached hydrogens (tertiary/aromatic N) is 2. The Hall–Kier alpha value is -0.870. The summed E-state index contributed by atoms with van der Waals surface area (Å²) in [5, 5.41) is 14.7. The van der Waals surface area contributed by atoms with Gasteiger partial charge in [0.25, 0.3) is 0 Å². The number of aromatic nitrogens is 2. The van der Waals surface area contributed by atoms with Gasteiger partial charge in [-0.3, -0.25) is 4.68 Å². The molecule has 1 atom stereocenters. The summed E-state index contributed by atoms with van der Waals surface area (Å²) in [4.78, 5) is 0. The molecule has 0 amide bonds. The fraction of sp³-hybridized carbons (Fsp3) is 0.727. The molecule has 1 aromatic rings. The molecule has 0 bridgehead atoms. The van der Waals surface area contributed by atoms with Crippen LogP contribution in [0, 0.1) is 5.92 Å². The van der Waals surface area contributed by atoms with Gasteiger partial charge in [-0.25, -0.2) is 0 Å². The fourth-order valence-electron chi connectivity index (χ4n) is 2.05. The Bertz CT molecular complexity index is 333. The monoisotopic (exact) mass is 210 g/mol. The molecule has 1 aliphatic carbocycles. The van der Waals surface area contributed by atoms with Crippen LogP contribution in [0.15, 0.2) is 12.3 Å². The third-order valence-electron chi connectivity index (χ3n) is 2.99. The highest BCUT2D eigenvalue weighted by Crippen LogP contribution is 2.41. The van der Waals surface area contributed by atoms with Gasteiger partial charge in [-0.1, -0.05) is 0 Å². The van der Waals surface area contributed by atoms with E-state index in [1.807, 2.05) is 19.3 Å². The first-order valence-electron chi connectivity index (χ1n) is 5.34. The lowest BCUT2D eigenvalue weighted by molar-refractivity contribution is -0.0481. The maximum atomic E-state index is 10.4. The second-order valence-corrected chi connectivity index (χ2v) is 4.47. The van der Waals surface area contributed by atoms with Crippen LogP contribution >= 0.6 is 0 Å². The summed E-state index contributed by atoms with van der Waals surface area (Å²) in [6, 6.07) is 1.95. The average Bonchev–Trinajstić information content (AvgIpc) is 2.93. The van der Waals surface area contributed by atoms with Gasteiger partial charge in [-0.15, -0.1) is 0 Å². The topological polar surface area (TPSA) is 47.3 Å². The van der Waals surface area contributed by atoms with E-state index in [-0.39, 0.29) is 0 Å². The van der Waals surface area contributed by atoms with Crippen LogP contribution in [0.1, 0.15) is 18.5 Å². The zero-order chi connectivity index (χ0) is 10.9. The zero-order valence-electron chi connectivity index (χ0n) is 9.31. The third kappa shape index (κ3) is 2.38. The number of hydrogen-bond acceptors (Lipinski definition) is 3. The van der Waals surface area contributed by atoms with Gasteiger partial charge < -0.3 is 9.84 Å². The predicted molar refractivity (Wildman–Crippen MR) is 56.5 cm³/mol. The quantitative estimate of drug-likeness (QED) is 0.780. The minimum atomic E-state index is -0.719. The molecule has 1 saturated carbocycles. The molecule has 1 N–H and O–H groups in total. The average molecular weight is 210 g/mol. The molecule has 0 spiro atoms. The summed E-state index contributed by atoms with van der Waals surface area (Å²) in [6.07, 6.45) is 4.70. The molecule has 84 valence electrons. The van der Waals surface area contributed by atoms with Crippen LogP contribution in [-0.2, 0) is 18.2 Å². The van der Waals surface area contributed by atoms with Crippen molar-refractivity contribution < 1.29 is 9.84 Å². The van der Waals surface area contributed by atoms with Crippen LogP contribution in [-0.4, -0.2) is 34.2 Å². The Morgan fingerprint density at radius 1 is 1.67 bits per heavy atom. The van der Waals surface area contributed by atoms with Gasteiger partial charge >= 0.3 is 0 Å². The van der Waals surface area contributed by atoms with Crippen LogP contribution < -0.4 is 0 Å². The van der Waals surface area contributed by atoms with E-state index in [1.165, 1.54) is 0 Å². The molecule has 0 aliphatic heterocycles. The summed E-state index contributed by atoms with van der Waals surface area (Å²) in [5.74, 6) is 0.388. The number of rotatable bonds is 5. The second kappa shape index (κ2) is 3.94. The Kier molecular flexibility index (Phi) is 2.80. The maximum Gasteiger partial charge on any atom is 0.0963 e. The summed E-state index contributed by atoms with van der Waals surface area (Å²) >= 11 is 0. The lowest BCUT2D eigenvalue weighted by Crippen LogP contribution is -2.39. The molecule has 0 saturated heterocycles. The second-order valence-electron chi connectivity index (χ2n) is 4.47. The van der Waals surface area contributed by atoms with E-state index in [0.717, 1.165) is 18.5 Å². The highest BCUT2D eigenvalue weighted by molar-refractivity contribution is 5.08. The Morgan fingerprint density at radius 2 is 2.40 bits per heavy atom. The molecular formula is C11H18N2O2. The predicted octanol–water partition coefficient (Wildman–Crippen LogP) is 0.750. The van der Waals surface area contributed by atoms with Gasteiger partial charge in [0.05, 0.1) is 17.9 Å². The summed E-state index contributed by atoms with van der Waals surface area (Å²) in [7, 11) is 3.52. The molecule has 15 heavy (non-hydrogen) atoms. The van der Waals surface area contributed by atoms with Crippen molar-refractivity contribution in [2.75, 3.05) is 13.7 Å². The third-order valence-corrected chi connectivity index (χ3v) is 2.99. The van der Waals surface area contributed by atoms with Crippen LogP contribution in [0.2, 0.25) is 0 Å². The van der Waals surface area contributed by atoms with Crippen LogP contribution in [0.3, 0.4) is 0 Å². The number of aliphatic hydroxyl groups is 1. The van der Waals surface area contributed by atoms with Gasteiger partial charge in [0, 0.05) is 26.8 Å². The normalized spacial score (nSPS) is 20.2. The molecular weight excluding hydrogens is 192 g/mol. The van der Waals surface area contributed by atoms with Crippen molar-refractivity contribution in [3.63, 3.8) is 0 Å². The number of aryl methyl sites for hydroxylation is 1. The van der Waals surface area contributed by atoms with E-state index >= 15 is 0 Å². The number of hydrogen-bond donors (Lipinski definition) is 1. The first-order chi connectivity index (χ1) is 7.14. The van der Waals surface area contributed by atoms with E-state index in [1.54, 1.807) is 11.8 Å². The smallest absolute Gasteiger partial charge is 0.0963 e. The van der Waals surface area contributed by atoms with Gasteiger partial charge in [0.15, 0.2) is 0 Å². The van der Waals surface area contributed by atoms with E-state index in [4.69, 9.17) is 4.74 Å². The van der Waals surface area contributed by atoms with Crippen molar-refractivity contribution in [2.24, 2.45) is 13.0 Å². The lowest BCUT2D eigenvalue weighted by Gasteiger charge is -2.26. The van der Waals surface area contributed by atoms with Crippen LogP contribution in [0.25, 0.3) is 0 Å². The summed E-state index contributed by atoms with van der Waals surface area (Å²) < 4.78 is 6.86. The van der Waals surface area contributed by atoms with Crippen molar-refractivity contribution in [3.05, 3.63) is 18.0 Å². The SMILES string of the molecule is COCC(O)(Cc1ccn(C)n1)C1CC1. The van der Waals surface area contributed by atoms with E-state index in [2.05, 4.69) is 5.10 Å². The summed E-state index contributed by atoms with van der Waals surface area (Å²) in [5.41, 5.74) is 0.215. The molecule has 1 aromatic heterocycles. The first kappa shape index (κ1) is 10.6. The molecule has 0 aromatic carbocycles. The van der Waals surface area contributed by atoms with E-state index < -0.39 is 5.60 Å². The minimum Gasteiger partial charge on any atom is -0.387 e. The van der Waals surface area contributed by atoms with Gasteiger partial charge in [-0.05, 0) is 24.8 Å². The molecule has 1 fully saturated rings. The Morgan fingerprint density at radius 3 is 2.87 bits per heavy atom. The molecule has 0 radical (unpaired) electrons. The molecule has 1 heterocycles. The van der Waals surface area contributed by atoms with Crippen molar-refractivity contribution >= 4 is 0 Å².